The third kappa shape index (κ3) is 272. The van der Waals surface area contributed by atoms with Crippen molar-refractivity contribution in [1.82, 2.24) is 0 Å². The first-order chi connectivity index (χ1) is 2.83. The molecule has 0 atom stereocenters. The van der Waals surface area contributed by atoms with Gasteiger partial charge in [0.05, 0.1) is 0 Å². The number of nitrogens with two attached hydrogens (primary N) is 2. The topological polar surface area (TPSA) is 99.6 Å². The Balaban J connectivity index is -0.0000000400. The van der Waals surface area contributed by atoms with Crippen molar-refractivity contribution in [3.8, 4) is 12.4 Å². The first-order valence-electron chi connectivity index (χ1n) is 1.02. The average molecular weight is 291 g/mol. The Morgan fingerprint density at radius 3 is 1.00 bits per heavy atom. The van der Waals surface area contributed by atoms with Crippen LogP contribution >= 0.6 is 0 Å². The molecule has 0 aromatic carbocycles. The number of nitrogens with zero attached hydrogens (tertiary/aromatic N) is 2. The summed E-state index contributed by atoms with van der Waals surface area (Å²) in [7, 11) is 0. The summed E-state index contributed by atoms with van der Waals surface area (Å²) in [6, 6.07) is 0. The molecule has 0 saturated heterocycles. The molecule has 0 unspecified atom stereocenters. The molecule has 0 aliphatic heterocycles. The minimum atomic E-state index is 0. The minimum absolute atomic E-state index is 0. The van der Waals surface area contributed by atoms with Crippen molar-refractivity contribution < 1.29 is 0 Å². The molecule has 36 valence electrons. The van der Waals surface area contributed by atoms with E-state index < -0.39 is 0 Å². The third-order valence-electron chi connectivity index (χ3n) is 0. The Labute approximate surface area is 61.9 Å². The Morgan fingerprint density at radius 2 is 1.00 bits per heavy atom. The van der Waals surface area contributed by atoms with Crippen molar-refractivity contribution >= 4 is 27.3 Å². The summed E-state index contributed by atoms with van der Waals surface area (Å²) in [4.78, 5) is 0. The first kappa shape index (κ1) is 16.0. The summed E-state index contributed by atoms with van der Waals surface area (Å²) in [6.07, 6.45) is 2.50. The van der Waals surface area contributed by atoms with Gasteiger partial charge >= 0.3 is 0 Å². The summed E-state index contributed by atoms with van der Waals surface area (Å²) in [5, 5.41) is 14.2. The second kappa shape index (κ2) is 49.4. The van der Waals surface area contributed by atoms with Crippen LogP contribution in [0.2, 0.25) is 0 Å². The Morgan fingerprint density at radius 1 is 1.00 bits per heavy atom. The smallest absolute Gasteiger partial charge is 0.173 e. The first-order valence-corrected chi connectivity index (χ1v) is 1.02. The van der Waals surface area contributed by atoms with Gasteiger partial charge in [-0.05, 0) is 0 Å². The van der Waals surface area contributed by atoms with Gasteiger partial charge in [0.1, 0.15) is 0 Å². The van der Waals surface area contributed by atoms with Crippen LogP contribution in [0.4, 0.5) is 0 Å². The van der Waals surface area contributed by atoms with Crippen LogP contribution in [0.5, 0.6) is 0 Å². The monoisotopic (exact) mass is 292 g/mol. The molecule has 4 radical (unpaired) electrons. The molecule has 0 aromatic heterocycles. The second-order valence-corrected chi connectivity index (χ2v) is 0.258. The zero-order valence-electron chi connectivity index (χ0n) is 3.55. The maximum atomic E-state index is 7.10. The van der Waals surface area contributed by atoms with E-state index in [1.807, 2.05) is 0 Å². The SMILES string of the molecule is N#CN.N#CN.[Pb]. The molecule has 4 N–H and O–H groups in total. The van der Waals surface area contributed by atoms with Crippen molar-refractivity contribution in [3.63, 3.8) is 0 Å². The van der Waals surface area contributed by atoms with Crippen molar-refractivity contribution in [2.45, 2.75) is 0 Å². The van der Waals surface area contributed by atoms with E-state index in [0.29, 0.717) is 0 Å². The van der Waals surface area contributed by atoms with E-state index in [2.05, 4.69) is 11.5 Å². The fraction of sp³-hybridized carbons (Fsp3) is 0. The van der Waals surface area contributed by atoms with Gasteiger partial charge in [0, 0.05) is 27.3 Å². The van der Waals surface area contributed by atoms with E-state index in [0.717, 1.165) is 0 Å². The summed E-state index contributed by atoms with van der Waals surface area (Å²) in [6.45, 7) is 0. The van der Waals surface area contributed by atoms with Gasteiger partial charge < -0.3 is 11.5 Å². The molecular weight excluding hydrogens is 287 g/mol. The maximum Gasteiger partial charge on any atom is 0.173 e. The van der Waals surface area contributed by atoms with Gasteiger partial charge in [-0.1, -0.05) is 0 Å². The van der Waals surface area contributed by atoms with Crippen molar-refractivity contribution in [1.29, 1.82) is 10.5 Å². The van der Waals surface area contributed by atoms with Crippen molar-refractivity contribution in [2.75, 3.05) is 0 Å². The summed E-state index contributed by atoms with van der Waals surface area (Å²) in [5.41, 5.74) is 8.31. The Hall–Kier alpha value is -0.498. The van der Waals surface area contributed by atoms with E-state index in [-0.39, 0.29) is 27.3 Å². The van der Waals surface area contributed by atoms with E-state index in [1.54, 1.807) is 0 Å². The molecule has 0 aliphatic carbocycles. The molecule has 7 heavy (non-hydrogen) atoms. The molecule has 0 rings (SSSR count). The summed E-state index contributed by atoms with van der Waals surface area (Å²) >= 11 is 0. The van der Waals surface area contributed by atoms with Gasteiger partial charge in [-0.15, -0.1) is 0 Å². The fourth-order valence-electron chi connectivity index (χ4n) is 0. The minimum Gasteiger partial charge on any atom is -0.337 e. The summed E-state index contributed by atoms with van der Waals surface area (Å²) < 4.78 is 0. The molecule has 0 aromatic rings. The van der Waals surface area contributed by atoms with Gasteiger partial charge in [0.25, 0.3) is 0 Å². The number of hydrogen-bond donors (Lipinski definition) is 2. The molecule has 0 aliphatic rings. The van der Waals surface area contributed by atoms with Crippen LogP contribution in [-0.2, 0) is 0 Å². The van der Waals surface area contributed by atoms with Gasteiger partial charge in [-0.2, -0.15) is 10.5 Å². The molecule has 5 heteroatoms. The molecule has 0 amide bonds. The largest absolute Gasteiger partial charge is 0.337 e. The van der Waals surface area contributed by atoms with E-state index in [1.165, 1.54) is 12.4 Å². The van der Waals surface area contributed by atoms with E-state index in [4.69, 9.17) is 10.5 Å². The third-order valence-corrected chi connectivity index (χ3v) is 0. The number of rotatable bonds is 0. The van der Waals surface area contributed by atoms with Crippen LogP contribution in [-0.4, -0.2) is 27.3 Å². The molecular formula is C2H4N4Pb. The number of hydrogen-bond acceptors (Lipinski definition) is 4. The molecule has 0 saturated carbocycles. The maximum absolute atomic E-state index is 7.10. The van der Waals surface area contributed by atoms with Crippen molar-refractivity contribution in [3.05, 3.63) is 0 Å². The van der Waals surface area contributed by atoms with Crippen LogP contribution < -0.4 is 11.5 Å². The zero-order chi connectivity index (χ0) is 5.41. The molecule has 4 nitrogen and oxygen atoms in total. The van der Waals surface area contributed by atoms with Gasteiger partial charge in [0.15, 0.2) is 12.4 Å². The second-order valence-electron chi connectivity index (χ2n) is 0.258. The summed E-state index contributed by atoms with van der Waals surface area (Å²) in [5.74, 6) is 0. The molecule has 0 spiro atoms. The van der Waals surface area contributed by atoms with Crippen LogP contribution in [0, 0.1) is 22.9 Å². The van der Waals surface area contributed by atoms with Gasteiger partial charge in [-0.3, -0.25) is 0 Å². The molecule has 0 bridgehead atoms. The van der Waals surface area contributed by atoms with Crippen molar-refractivity contribution in [2.24, 2.45) is 11.5 Å². The van der Waals surface area contributed by atoms with Gasteiger partial charge in [0.2, 0.25) is 0 Å². The number of nitriles is 2. The molecule has 0 fully saturated rings. The van der Waals surface area contributed by atoms with Crippen LogP contribution in [0.3, 0.4) is 0 Å². The van der Waals surface area contributed by atoms with Crippen LogP contribution in [0.25, 0.3) is 0 Å². The molecule has 0 heterocycles. The standard InChI is InChI=1S/2CH2N2.Pb/c2*2-1-3;/h2*2H2;. The normalized spacial score (nSPS) is 2.00. The Kier molecular flexibility index (Phi) is 113. The predicted octanol–water partition coefficient (Wildman–Crippen LogP) is -1.53. The van der Waals surface area contributed by atoms with Crippen LogP contribution in [0.15, 0.2) is 0 Å². The average Bonchev–Trinajstić information content (AvgIpc) is 1.39. The quantitative estimate of drug-likeness (QED) is 0.321. The zero-order valence-corrected chi connectivity index (χ0v) is 7.44. The van der Waals surface area contributed by atoms with Gasteiger partial charge in [-0.25, -0.2) is 0 Å². The van der Waals surface area contributed by atoms with Crippen LogP contribution in [0.1, 0.15) is 0 Å². The predicted molar refractivity (Wildman–Crippen MR) is 25.4 cm³/mol. The van der Waals surface area contributed by atoms with E-state index >= 15 is 0 Å². The fourth-order valence-corrected chi connectivity index (χ4v) is 0. The Bertz CT molecular complexity index is 64.7. The van der Waals surface area contributed by atoms with E-state index in [9.17, 15) is 0 Å².